The van der Waals surface area contributed by atoms with Gasteiger partial charge < -0.3 is 9.84 Å². The molecule has 0 saturated carbocycles. The quantitative estimate of drug-likeness (QED) is 0.821. The normalized spacial score (nSPS) is 12.6. The zero-order chi connectivity index (χ0) is 13.2. The molecule has 1 rings (SSSR count). The van der Waals surface area contributed by atoms with Gasteiger partial charge in [0.15, 0.2) is 6.10 Å². The maximum absolute atomic E-state index is 11.4. The van der Waals surface area contributed by atoms with E-state index in [1.54, 1.807) is 0 Å². The first kappa shape index (κ1) is 13.7. The van der Waals surface area contributed by atoms with Crippen molar-refractivity contribution in [3.05, 3.63) is 34.4 Å². The highest BCUT2D eigenvalue weighted by atomic mass is 16.5. The number of esters is 1. The van der Waals surface area contributed by atoms with Gasteiger partial charge in [-0.25, -0.2) is 4.79 Å². The third kappa shape index (κ3) is 2.86. The van der Waals surface area contributed by atoms with Crippen LogP contribution in [0, 0.1) is 13.8 Å². The second-order valence-corrected chi connectivity index (χ2v) is 4.63. The summed E-state index contributed by atoms with van der Waals surface area (Å²) >= 11 is 0. The molecular weight excluding hydrogens is 216 g/mol. The summed E-state index contributed by atoms with van der Waals surface area (Å²) in [5.74, 6) is -0.258. The van der Waals surface area contributed by atoms with Gasteiger partial charge in [0.1, 0.15) is 0 Å². The number of hydrogen-bond acceptors (Lipinski definition) is 3. The third-order valence-electron chi connectivity index (χ3n) is 3.12. The molecule has 17 heavy (non-hydrogen) atoms. The van der Waals surface area contributed by atoms with Crippen LogP contribution in [0.15, 0.2) is 12.1 Å². The molecule has 0 aliphatic carbocycles. The van der Waals surface area contributed by atoms with E-state index >= 15 is 0 Å². The van der Waals surface area contributed by atoms with Crippen LogP contribution in [0.5, 0.6) is 0 Å². The first-order valence-electron chi connectivity index (χ1n) is 5.75. The number of methoxy groups -OCH3 is 1. The van der Waals surface area contributed by atoms with E-state index in [0.717, 1.165) is 16.7 Å². The van der Waals surface area contributed by atoms with Crippen LogP contribution in [-0.4, -0.2) is 18.2 Å². The summed E-state index contributed by atoms with van der Waals surface area (Å²) in [6, 6.07) is 3.97. The van der Waals surface area contributed by atoms with Gasteiger partial charge in [0.05, 0.1) is 7.11 Å². The van der Waals surface area contributed by atoms with Crippen molar-refractivity contribution in [2.75, 3.05) is 7.11 Å². The maximum atomic E-state index is 11.4. The Hall–Kier alpha value is -1.35. The Kier molecular flexibility index (Phi) is 4.29. The molecule has 0 saturated heterocycles. The molecule has 0 aliphatic rings. The fraction of sp³-hybridized carbons (Fsp3) is 0.500. The summed E-state index contributed by atoms with van der Waals surface area (Å²) in [4.78, 5) is 11.4. The summed E-state index contributed by atoms with van der Waals surface area (Å²) in [7, 11) is 1.28. The molecule has 0 heterocycles. The second-order valence-electron chi connectivity index (χ2n) is 4.63. The van der Waals surface area contributed by atoms with Crippen LogP contribution in [0.4, 0.5) is 0 Å². The number of benzene rings is 1. The van der Waals surface area contributed by atoms with E-state index in [2.05, 4.69) is 24.7 Å². The molecule has 0 fully saturated rings. The Bertz CT molecular complexity index is 422. The van der Waals surface area contributed by atoms with Crippen molar-refractivity contribution in [2.45, 2.75) is 39.7 Å². The van der Waals surface area contributed by atoms with E-state index < -0.39 is 12.1 Å². The lowest BCUT2D eigenvalue weighted by Gasteiger charge is -2.17. The number of carbonyl (C=O) groups excluding carboxylic acids is 1. The van der Waals surface area contributed by atoms with Gasteiger partial charge in [-0.05, 0) is 42.0 Å². The predicted octanol–water partition coefficient (Wildman–Crippen LogP) is 2.63. The Morgan fingerprint density at radius 3 is 2.35 bits per heavy atom. The van der Waals surface area contributed by atoms with Crippen LogP contribution in [0.3, 0.4) is 0 Å². The fourth-order valence-electron chi connectivity index (χ4n) is 1.77. The van der Waals surface area contributed by atoms with Crippen molar-refractivity contribution in [3.8, 4) is 0 Å². The number of ether oxygens (including phenoxy) is 1. The molecule has 1 aromatic carbocycles. The van der Waals surface area contributed by atoms with Crippen molar-refractivity contribution < 1.29 is 14.6 Å². The minimum Gasteiger partial charge on any atom is -0.467 e. The van der Waals surface area contributed by atoms with E-state index in [0.29, 0.717) is 11.5 Å². The minimum absolute atomic E-state index is 0.359. The third-order valence-corrected chi connectivity index (χ3v) is 3.12. The maximum Gasteiger partial charge on any atom is 0.339 e. The van der Waals surface area contributed by atoms with Crippen LogP contribution in [0.2, 0.25) is 0 Å². The molecule has 1 aromatic rings. The van der Waals surface area contributed by atoms with E-state index in [4.69, 9.17) is 0 Å². The second kappa shape index (κ2) is 5.32. The van der Waals surface area contributed by atoms with Crippen molar-refractivity contribution in [2.24, 2.45) is 0 Å². The van der Waals surface area contributed by atoms with Gasteiger partial charge in [-0.3, -0.25) is 0 Å². The Morgan fingerprint density at radius 2 is 1.88 bits per heavy atom. The summed E-state index contributed by atoms with van der Waals surface area (Å²) in [6.07, 6.45) is -1.20. The van der Waals surface area contributed by atoms with Crippen molar-refractivity contribution in [3.63, 3.8) is 0 Å². The first-order valence-corrected chi connectivity index (χ1v) is 5.75. The van der Waals surface area contributed by atoms with Crippen molar-refractivity contribution >= 4 is 5.97 Å². The molecule has 3 nitrogen and oxygen atoms in total. The van der Waals surface area contributed by atoms with Crippen LogP contribution in [0.1, 0.15) is 48.1 Å². The molecule has 0 aliphatic heterocycles. The number of hydrogen-bond donors (Lipinski definition) is 1. The lowest BCUT2D eigenvalue weighted by molar-refractivity contribution is -0.150. The van der Waals surface area contributed by atoms with E-state index in [1.807, 2.05) is 19.9 Å². The lowest BCUT2D eigenvalue weighted by atomic mass is 9.92. The van der Waals surface area contributed by atoms with Crippen LogP contribution < -0.4 is 0 Å². The lowest BCUT2D eigenvalue weighted by Crippen LogP contribution is -2.15. The Labute approximate surface area is 102 Å². The molecule has 1 unspecified atom stereocenters. The summed E-state index contributed by atoms with van der Waals surface area (Å²) in [5.41, 5.74) is 3.77. The van der Waals surface area contributed by atoms with Gasteiger partial charge in [0, 0.05) is 0 Å². The highest BCUT2D eigenvalue weighted by Gasteiger charge is 2.21. The highest BCUT2D eigenvalue weighted by Crippen LogP contribution is 2.27. The number of rotatable bonds is 3. The molecule has 0 radical (unpaired) electrons. The molecular formula is C14H20O3. The predicted molar refractivity (Wildman–Crippen MR) is 67.0 cm³/mol. The number of aryl methyl sites for hydroxylation is 1. The van der Waals surface area contributed by atoms with Gasteiger partial charge in [-0.1, -0.05) is 26.0 Å². The van der Waals surface area contributed by atoms with Gasteiger partial charge >= 0.3 is 5.97 Å². The SMILES string of the molecule is COC(=O)C(O)c1cc(C(C)C)cc(C)c1C. The van der Waals surface area contributed by atoms with Gasteiger partial charge in [0.25, 0.3) is 0 Å². The summed E-state index contributed by atoms with van der Waals surface area (Å²) < 4.78 is 4.57. The molecule has 0 bridgehead atoms. The summed E-state index contributed by atoms with van der Waals surface area (Å²) in [6.45, 7) is 8.05. The van der Waals surface area contributed by atoms with Gasteiger partial charge in [-0.15, -0.1) is 0 Å². The van der Waals surface area contributed by atoms with Crippen LogP contribution in [0.25, 0.3) is 0 Å². The first-order chi connectivity index (χ1) is 7.88. The molecule has 0 spiro atoms. The Balaban J connectivity index is 3.27. The fourth-order valence-corrected chi connectivity index (χ4v) is 1.77. The summed E-state index contributed by atoms with van der Waals surface area (Å²) in [5, 5.41) is 9.93. The minimum atomic E-state index is -1.20. The number of aliphatic hydroxyl groups excluding tert-OH is 1. The zero-order valence-electron chi connectivity index (χ0n) is 11.1. The molecule has 94 valence electrons. The Morgan fingerprint density at radius 1 is 1.29 bits per heavy atom. The van der Waals surface area contributed by atoms with E-state index in [1.165, 1.54) is 7.11 Å². The van der Waals surface area contributed by atoms with E-state index in [9.17, 15) is 9.90 Å². The average molecular weight is 236 g/mol. The molecule has 1 N–H and O–H groups in total. The average Bonchev–Trinajstić information content (AvgIpc) is 2.30. The van der Waals surface area contributed by atoms with Crippen molar-refractivity contribution in [1.82, 2.24) is 0 Å². The van der Waals surface area contributed by atoms with Crippen molar-refractivity contribution in [1.29, 1.82) is 0 Å². The van der Waals surface area contributed by atoms with E-state index in [-0.39, 0.29) is 0 Å². The van der Waals surface area contributed by atoms with Gasteiger partial charge in [-0.2, -0.15) is 0 Å². The monoisotopic (exact) mass is 236 g/mol. The number of aliphatic hydroxyl groups is 1. The van der Waals surface area contributed by atoms with Crippen LogP contribution in [-0.2, 0) is 9.53 Å². The smallest absolute Gasteiger partial charge is 0.339 e. The molecule has 0 aromatic heterocycles. The molecule has 0 amide bonds. The highest BCUT2D eigenvalue weighted by molar-refractivity contribution is 5.76. The van der Waals surface area contributed by atoms with Gasteiger partial charge in [0.2, 0.25) is 0 Å². The largest absolute Gasteiger partial charge is 0.467 e. The number of carbonyl (C=O) groups is 1. The van der Waals surface area contributed by atoms with Crippen LogP contribution >= 0.6 is 0 Å². The zero-order valence-corrected chi connectivity index (χ0v) is 11.1. The topological polar surface area (TPSA) is 46.5 Å². The molecule has 3 heteroatoms. The standard InChI is InChI=1S/C14H20O3/c1-8(2)11-6-9(3)10(4)12(7-11)13(15)14(16)17-5/h6-8,13,15H,1-5H3. The molecule has 1 atom stereocenters.